The van der Waals surface area contributed by atoms with Gasteiger partial charge in [0.1, 0.15) is 5.75 Å². The molecule has 1 N–H and O–H groups in total. The lowest BCUT2D eigenvalue weighted by atomic mass is 9.96. The van der Waals surface area contributed by atoms with Crippen molar-refractivity contribution in [1.29, 1.82) is 0 Å². The quantitative estimate of drug-likeness (QED) is 0.770. The summed E-state index contributed by atoms with van der Waals surface area (Å²) in [6.45, 7) is 1.80. The largest absolute Gasteiger partial charge is 0.508 e. The van der Waals surface area contributed by atoms with Crippen LogP contribution >= 0.6 is 0 Å². The van der Waals surface area contributed by atoms with E-state index in [1.807, 2.05) is 0 Å². The van der Waals surface area contributed by atoms with Crippen molar-refractivity contribution in [1.82, 2.24) is 0 Å². The fourth-order valence-electron chi connectivity index (χ4n) is 3.03. The first-order valence-electron chi connectivity index (χ1n) is 6.25. The highest BCUT2D eigenvalue weighted by atomic mass is 16.3. The van der Waals surface area contributed by atoms with Crippen molar-refractivity contribution in [2.45, 2.75) is 26.2 Å². The van der Waals surface area contributed by atoms with Gasteiger partial charge in [0.2, 0.25) is 11.8 Å². The summed E-state index contributed by atoms with van der Waals surface area (Å²) in [6.07, 6.45) is 2.36. The molecule has 2 amide bonds. The first kappa shape index (κ1) is 11.3. The molecule has 1 heterocycles. The van der Waals surface area contributed by atoms with Gasteiger partial charge in [-0.2, -0.15) is 0 Å². The molecule has 3 rings (SSSR count). The molecule has 4 heteroatoms. The third-order valence-corrected chi connectivity index (χ3v) is 3.99. The highest BCUT2D eigenvalue weighted by Crippen LogP contribution is 2.40. The van der Waals surface area contributed by atoms with E-state index in [9.17, 15) is 14.7 Å². The van der Waals surface area contributed by atoms with E-state index in [0.717, 1.165) is 18.4 Å². The first-order valence-corrected chi connectivity index (χ1v) is 6.25. The van der Waals surface area contributed by atoms with Gasteiger partial charge in [0.25, 0.3) is 0 Å². The second kappa shape index (κ2) is 3.83. The number of aromatic hydroxyl groups is 1. The lowest BCUT2D eigenvalue weighted by Crippen LogP contribution is -2.46. The second-order valence-electron chi connectivity index (χ2n) is 5.19. The standard InChI is InChI=1S/C14H15NO3/c1-8-6-11(16)4-5-12(8)15-13(17)9-2-3-10(7-9)14(15)18/h4-6,9-10,16H,2-3,7H2,1H3. The zero-order valence-corrected chi connectivity index (χ0v) is 10.2. The summed E-state index contributed by atoms with van der Waals surface area (Å²) in [5.41, 5.74) is 1.36. The topological polar surface area (TPSA) is 57.6 Å². The monoisotopic (exact) mass is 245 g/mol. The predicted molar refractivity (Wildman–Crippen MR) is 66.2 cm³/mol. The summed E-state index contributed by atoms with van der Waals surface area (Å²) >= 11 is 0. The first-order chi connectivity index (χ1) is 8.58. The van der Waals surface area contributed by atoms with Gasteiger partial charge in [0, 0.05) is 11.8 Å². The summed E-state index contributed by atoms with van der Waals surface area (Å²) < 4.78 is 0. The Morgan fingerprint density at radius 3 is 2.33 bits per heavy atom. The molecule has 0 aromatic heterocycles. The van der Waals surface area contributed by atoms with Gasteiger partial charge in [0.15, 0.2) is 0 Å². The minimum absolute atomic E-state index is 0.000836. The summed E-state index contributed by atoms with van der Waals surface area (Å²) in [5, 5.41) is 9.40. The van der Waals surface area contributed by atoms with Crippen LogP contribution in [0, 0.1) is 18.8 Å². The normalized spacial score (nSPS) is 26.8. The van der Waals surface area contributed by atoms with E-state index >= 15 is 0 Å². The highest BCUT2D eigenvalue weighted by Gasteiger charge is 2.46. The maximum Gasteiger partial charge on any atom is 0.236 e. The Labute approximate surface area is 105 Å². The van der Waals surface area contributed by atoms with Gasteiger partial charge in [0.05, 0.1) is 5.69 Å². The number of aryl methyl sites for hydroxylation is 1. The maximum atomic E-state index is 12.3. The molecule has 1 aromatic rings. The van der Waals surface area contributed by atoms with Crippen molar-refractivity contribution in [2.75, 3.05) is 4.90 Å². The predicted octanol–water partition coefficient (Wildman–Crippen LogP) is 1.99. The summed E-state index contributed by atoms with van der Waals surface area (Å²) in [5.74, 6) is -0.0111. The highest BCUT2D eigenvalue weighted by molar-refractivity contribution is 6.19. The number of phenols is 1. The number of phenolic OH excluding ortho intramolecular Hbond substituents is 1. The van der Waals surface area contributed by atoms with Gasteiger partial charge in [-0.25, -0.2) is 4.90 Å². The van der Waals surface area contributed by atoms with Crippen LogP contribution in [-0.2, 0) is 9.59 Å². The Hall–Kier alpha value is -1.84. The zero-order valence-electron chi connectivity index (χ0n) is 10.2. The van der Waals surface area contributed by atoms with E-state index in [4.69, 9.17) is 0 Å². The third kappa shape index (κ3) is 1.52. The molecule has 4 nitrogen and oxygen atoms in total. The van der Waals surface area contributed by atoms with Crippen LogP contribution in [-0.4, -0.2) is 16.9 Å². The van der Waals surface area contributed by atoms with E-state index in [-0.39, 0.29) is 29.4 Å². The number of nitrogens with zero attached hydrogens (tertiary/aromatic N) is 1. The molecule has 1 aliphatic heterocycles. The molecule has 1 saturated heterocycles. The smallest absolute Gasteiger partial charge is 0.236 e. The fourth-order valence-corrected chi connectivity index (χ4v) is 3.03. The van der Waals surface area contributed by atoms with Crippen molar-refractivity contribution in [3.05, 3.63) is 23.8 Å². The number of carbonyl (C=O) groups is 2. The maximum absolute atomic E-state index is 12.3. The minimum atomic E-state index is -0.0810. The summed E-state index contributed by atoms with van der Waals surface area (Å²) in [6, 6.07) is 4.73. The molecule has 2 aliphatic rings. The van der Waals surface area contributed by atoms with Crippen molar-refractivity contribution < 1.29 is 14.7 Å². The number of carbonyl (C=O) groups excluding carboxylic acids is 2. The lowest BCUT2D eigenvalue weighted by Gasteiger charge is -2.30. The Bertz CT molecular complexity index is 516. The number of hydrogen-bond donors (Lipinski definition) is 1. The molecule has 0 spiro atoms. The van der Waals surface area contributed by atoms with E-state index in [1.165, 1.54) is 11.0 Å². The van der Waals surface area contributed by atoms with Gasteiger partial charge < -0.3 is 5.11 Å². The lowest BCUT2D eigenvalue weighted by molar-refractivity contribution is -0.133. The van der Waals surface area contributed by atoms with Crippen LogP contribution in [0.1, 0.15) is 24.8 Å². The molecule has 94 valence electrons. The van der Waals surface area contributed by atoms with Crippen molar-refractivity contribution in [2.24, 2.45) is 11.8 Å². The molecular weight excluding hydrogens is 230 g/mol. The van der Waals surface area contributed by atoms with Crippen LogP contribution < -0.4 is 4.90 Å². The average Bonchev–Trinajstić information content (AvgIpc) is 2.76. The molecule has 1 saturated carbocycles. The van der Waals surface area contributed by atoms with Gasteiger partial charge in [-0.15, -0.1) is 0 Å². The van der Waals surface area contributed by atoms with Crippen LogP contribution in [0.5, 0.6) is 5.75 Å². The number of amides is 2. The summed E-state index contributed by atoms with van der Waals surface area (Å²) in [4.78, 5) is 25.9. The molecule has 0 radical (unpaired) electrons. The second-order valence-corrected chi connectivity index (χ2v) is 5.19. The van der Waals surface area contributed by atoms with Crippen molar-refractivity contribution in [3.63, 3.8) is 0 Å². The molecule has 2 bridgehead atoms. The molecule has 18 heavy (non-hydrogen) atoms. The van der Waals surface area contributed by atoms with E-state index in [2.05, 4.69) is 0 Å². The number of anilines is 1. The Kier molecular flexibility index (Phi) is 2.40. The zero-order chi connectivity index (χ0) is 12.9. The van der Waals surface area contributed by atoms with E-state index in [0.29, 0.717) is 12.1 Å². The summed E-state index contributed by atoms with van der Waals surface area (Å²) in [7, 11) is 0. The van der Waals surface area contributed by atoms with Crippen LogP contribution in [0.3, 0.4) is 0 Å². The fraction of sp³-hybridized carbons (Fsp3) is 0.429. The van der Waals surface area contributed by atoms with E-state index < -0.39 is 0 Å². The third-order valence-electron chi connectivity index (χ3n) is 3.99. The van der Waals surface area contributed by atoms with Crippen LogP contribution in [0.25, 0.3) is 0 Å². The number of piperidine rings is 1. The van der Waals surface area contributed by atoms with Crippen LogP contribution in [0.4, 0.5) is 5.69 Å². The van der Waals surface area contributed by atoms with Crippen LogP contribution in [0.2, 0.25) is 0 Å². The number of hydrogen-bond acceptors (Lipinski definition) is 3. The molecular formula is C14H15NO3. The molecule has 1 aromatic carbocycles. The van der Waals surface area contributed by atoms with Crippen molar-refractivity contribution in [3.8, 4) is 5.75 Å². The number of rotatable bonds is 1. The van der Waals surface area contributed by atoms with Gasteiger partial charge in [-0.3, -0.25) is 9.59 Å². The minimum Gasteiger partial charge on any atom is -0.508 e. The average molecular weight is 245 g/mol. The SMILES string of the molecule is Cc1cc(O)ccc1N1C(=O)C2CCC(C2)C1=O. The van der Waals surface area contributed by atoms with Gasteiger partial charge >= 0.3 is 0 Å². The van der Waals surface area contributed by atoms with Gasteiger partial charge in [-0.1, -0.05) is 0 Å². The molecule has 2 unspecified atom stereocenters. The Morgan fingerprint density at radius 2 is 1.78 bits per heavy atom. The molecule has 2 atom stereocenters. The molecule has 1 aliphatic carbocycles. The molecule has 2 fully saturated rings. The number of fused-ring (bicyclic) bond motifs is 2. The number of imide groups is 1. The van der Waals surface area contributed by atoms with Gasteiger partial charge in [-0.05, 0) is 49.9 Å². The number of benzene rings is 1. The Morgan fingerprint density at radius 1 is 1.17 bits per heavy atom. The Balaban J connectivity index is 2.05. The van der Waals surface area contributed by atoms with E-state index in [1.54, 1.807) is 19.1 Å². The van der Waals surface area contributed by atoms with Crippen molar-refractivity contribution >= 4 is 17.5 Å². The van der Waals surface area contributed by atoms with Crippen LogP contribution in [0.15, 0.2) is 18.2 Å².